The summed E-state index contributed by atoms with van der Waals surface area (Å²) >= 11 is 0. The number of hydrogen-bond acceptors (Lipinski definition) is 0. The Kier molecular flexibility index (Phi) is 1.30. The molecule has 0 N–H and O–H groups in total. The molecule has 0 aromatic carbocycles. The second-order valence-electron chi connectivity index (χ2n) is 3.00. The van der Waals surface area contributed by atoms with E-state index in [-0.39, 0.29) is 0 Å². The van der Waals surface area contributed by atoms with Crippen molar-refractivity contribution in [1.29, 1.82) is 0 Å². The average molecular weight is 140 g/mol. The second kappa shape index (κ2) is 1.99. The van der Waals surface area contributed by atoms with Gasteiger partial charge < -0.3 is 0 Å². The molecule has 0 aromatic heterocycles. The van der Waals surface area contributed by atoms with E-state index in [0.29, 0.717) is 17.6 Å². The quantitative estimate of drug-likeness (QED) is 0.452. The first-order valence-electron chi connectivity index (χ1n) is 3.62. The van der Waals surface area contributed by atoms with Gasteiger partial charge in [0.05, 0.1) is 0 Å². The van der Waals surface area contributed by atoms with Gasteiger partial charge in [0, 0.05) is 17.6 Å². The molecule has 0 nitrogen and oxygen atoms in total. The topological polar surface area (TPSA) is 0 Å². The van der Waals surface area contributed by atoms with Gasteiger partial charge in [0.2, 0.25) is 0 Å². The van der Waals surface area contributed by atoms with E-state index in [2.05, 4.69) is 0 Å². The lowest BCUT2D eigenvalue weighted by atomic mass is 10.8. The Bertz CT molecular complexity index is 61.5. The molecule has 3 aliphatic heterocycles. The Morgan fingerprint density at radius 2 is 0.750 bits per heavy atom. The van der Waals surface area contributed by atoms with E-state index in [1.165, 1.54) is 0 Å². The summed E-state index contributed by atoms with van der Waals surface area (Å²) in [6.45, 7) is 0. The first-order valence-corrected chi connectivity index (χ1v) is 7.86. The fourth-order valence-electron chi connectivity index (χ4n) is 1.81. The van der Waals surface area contributed by atoms with Crippen LogP contribution in [0.4, 0.5) is 0 Å². The predicted octanol–water partition coefficient (Wildman–Crippen LogP) is 2.00. The third-order valence-corrected chi connectivity index (χ3v) is 9.74. The van der Waals surface area contributed by atoms with Crippen molar-refractivity contribution >= 4 is 17.6 Å². The Morgan fingerprint density at radius 3 is 0.875 bits per heavy atom. The van der Waals surface area contributed by atoms with Gasteiger partial charge in [-0.05, 0) is 0 Å². The molecule has 2 heteroatoms. The highest BCUT2D eigenvalue weighted by atomic mass is 28.3. The molecule has 2 radical (unpaired) electrons. The van der Waals surface area contributed by atoms with Crippen molar-refractivity contribution in [3.8, 4) is 0 Å². The lowest BCUT2D eigenvalue weighted by molar-refractivity contribution is 1.06. The Labute approximate surface area is 54.5 Å². The number of rotatable bonds is 0. The van der Waals surface area contributed by atoms with Crippen molar-refractivity contribution in [1.82, 2.24) is 0 Å². The third-order valence-electron chi connectivity index (χ3n) is 2.50. The van der Waals surface area contributed by atoms with Crippen molar-refractivity contribution in [2.24, 2.45) is 0 Å². The molecule has 0 aromatic rings. The highest BCUT2D eigenvalue weighted by molar-refractivity contribution is 6.74. The SMILES string of the molecule is C1C[Si]2CC[Si]1CC2. The molecule has 0 spiro atoms. The molecule has 44 valence electrons. The van der Waals surface area contributed by atoms with E-state index in [4.69, 9.17) is 0 Å². The first kappa shape index (κ1) is 5.24. The van der Waals surface area contributed by atoms with Crippen LogP contribution in [0, 0.1) is 0 Å². The van der Waals surface area contributed by atoms with Crippen LogP contribution in [-0.4, -0.2) is 17.6 Å². The zero-order valence-electron chi connectivity index (χ0n) is 5.24. The molecule has 3 aliphatic rings. The zero-order valence-corrected chi connectivity index (χ0v) is 7.24. The molecule has 0 saturated carbocycles. The zero-order chi connectivity index (χ0) is 5.40. The molecule has 0 amide bonds. The number of hydrogen-bond donors (Lipinski definition) is 0. The van der Waals surface area contributed by atoms with E-state index in [1.807, 2.05) is 0 Å². The summed E-state index contributed by atoms with van der Waals surface area (Å²) in [6, 6.07) is 10.2. The van der Waals surface area contributed by atoms with Crippen LogP contribution in [0.3, 0.4) is 0 Å². The normalized spacial score (nSPS) is 31.5. The van der Waals surface area contributed by atoms with Crippen LogP contribution in [0.1, 0.15) is 0 Å². The predicted molar refractivity (Wildman–Crippen MR) is 40.4 cm³/mol. The largest absolute Gasteiger partial charge is 0.0616 e. The van der Waals surface area contributed by atoms with Gasteiger partial charge in [-0.2, -0.15) is 0 Å². The van der Waals surface area contributed by atoms with Crippen LogP contribution >= 0.6 is 0 Å². The van der Waals surface area contributed by atoms with E-state index in [9.17, 15) is 0 Å². The van der Waals surface area contributed by atoms with E-state index < -0.39 is 0 Å². The monoisotopic (exact) mass is 140 g/mol. The van der Waals surface area contributed by atoms with Crippen molar-refractivity contribution in [2.45, 2.75) is 36.3 Å². The molecular weight excluding hydrogens is 128 g/mol. The lowest BCUT2D eigenvalue weighted by Gasteiger charge is -2.32. The van der Waals surface area contributed by atoms with Crippen molar-refractivity contribution in [3.05, 3.63) is 0 Å². The van der Waals surface area contributed by atoms with Crippen molar-refractivity contribution in [3.63, 3.8) is 0 Å². The molecule has 3 fully saturated rings. The molecule has 2 bridgehead atoms. The fourth-order valence-corrected chi connectivity index (χ4v) is 11.8. The van der Waals surface area contributed by atoms with Gasteiger partial charge in [0.25, 0.3) is 0 Å². The summed E-state index contributed by atoms with van der Waals surface area (Å²) in [5.41, 5.74) is 0. The maximum absolute atomic E-state index is 1.71. The van der Waals surface area contributed by atoms with Gasteiger partial charge in [-0.3, -0.25) is 0 Å². The van der Waals surface area contributed by atoms with Crippen molar-refractivity contribution < 1.29 is 0 Å². The lowest BCUT2D eigenvalue weighted by Crippen LogP contribution is -2.33. The van der Waals surface area contributed by atoms with E-state index in [0.717, 1.165) is 0 Å². The van der Waals surface area contributed by atoms with Crippen LogP contribution in [0.2, 0.25) is 36.3 Å². The van der Waals surface area contributed by atoms with Crippen LogP contribution in [0.5, 0.6) is 0 Å². The summed E-state index contributed by atoms with van der Waals surface area (Å²) < 4.78 is 0. The molecule has 0 unspecified atom stereocenters. The van der Waals surface area contributed by atoms with Gasteiger partial charge in [-0.25, -0.2) is 0 Å². The van der Waals surface area contributed by atoms with Gasteiger partial charge in [-0.1, -0.05) is 36.3 Å². The highest BCUT2D eigenvalue weighted by Gasteiger charge is 2.29. The standard InChI is InChI=1S/C6H12Si2/c1-2-8-5-3-7(1)4-6-8/h1-6H2. The first-order chi connectivity index (χ1) is 3.95. The Morgan fingerprint density at radius 1 is 0.500 bits per heavy atom. The average Bonchev–Trinajstić information content (AvgIpc) is 1.92. The van der Waals surface area contributed by atoms with E-state index >= 15 is 0 Å². The fraction of sp³-hybridized carbons (Fsp3) is 1.00. The maximum atomic E-state index is 1.71. The second-order valence-corrected chi connectivity index (χ2v) is 9.00. The van der Waals surface area contributed by atoms with Crippen LogP contribution in [-0.2, 0) is 0 Å². The van der Waals surface area contributed by atoms with Gasteiger partial charge in [0.15, 0.2) is 0 Å². The molecule has 8 heavy (non-hydrogen) atoms. The Balaban J connectivity index is 2.03. The third kappa shape index (κ3) is 0.797. The molecule has 3 heterocycles. The smallest absolute Gasteiger partial charge is 0.0470 e. The van der Waals surface area contributed by atoms with Crippen molar-refractivity contribution in [2.75, 3.05) is 0 Å². The molecule has 3 rings (SSSR count). The van der Waals surface area contributed by atoms with E-state index in [1.54, 1.807) is 36.3 Å². The minimum atomic E-state index is 0.304. The van der Waals surface area contributed by atoms with Crippen LogP contribution in [0.25, 0.3) is 0 Å². The maximum Gasteiger partial charge on any atom is 0.0470 e. The van der Waals surface area contributed by atoms with Gasteiger partial charge >= 0.3 is 0 Å². The minimum Gasteiger partial charge on any atom is -0.0616 e. The summed E-state index contributed by atoms with van der Waals surface area (Å²) in [5, 5.41) is 0. The van der Waals surface area contributed by atoms with Crippen LogP contribution < -0.4 is 0 Å². The minimum absolute atomic E-state index is 0.304. The summed E-state index contributed by atoms with van der Waals surface area (Å²) in [4.78, 5) is 0. The number of fused-ring (bicyclic) bond motifs is 3. The summed E-state index contributed by atoms with van der Waals surface area (Å²) in [6.07, 6.45) is 0. The van der Waals surface area contributed by atoms with Gasteiger partial charge in [0.1, 0.15) is 0 Å². The molecule has 0 aliphatic carbocycles. The molecular formula is C6H12Si2. The molecule has 0 atom stereocenters. The summed E-state index contributed by atoms with van der Waals surface area (Å²) in [5.74, 6) is 0. The summed E-state index contributed by atoms with van der Waals surface area (Å²) in [7, 11) is 0.608. The van der Waals surface area contributed by atoms with Gasteiger partial charge in [-0.15, -0.1) is 0 Å². The van der Waals surface area contributed by atoms with Crippen LogP contribution in [0.15, 0.2) is 0 Å². The Hall–Kier alpha value is 0.434. The molecule has 3 saturated heterocycles. The highest BCUT2D eigenvalue weighted by Crippen LogP contribution is 2.33.